The van der Waals surface area contributed by atoms with Crippen molar-refractivity contribution in [1.82, 2.24) is 19.4 Å². The number of sulfonamides is 1. The van der Waals surface area contributed by atoms with Crippen LogP contribution in [0, 0.1) is 5.92 Å². The largest absolute Gasteiger partial charge is 0.501 e. The zero-order valence-electron chi connectivity index (χ0n) is 19.0. The second-order valence-corrected chi connectivity index (χ2v) is 11.5. The highest BCUT2D eigenvalue weighted by molar-refractivity contribution is 7.90. The molecule has 5 rings (SSSR count). The van der Waals surface area contributed by atoms with Crippen LogP contribution in [0.2, 0.25) is 0 Å². The second-order valence-electron chi connectivity index (χ2n) is 9.66. The van der Waals surface area contributed by atoms with Crippen molar-refractivity contribution >= 4 is 27.7 Å². The number of allylic oxidation sites excluding steroid dienone is 1. The molecule has 10 nitrogen and oxygen atoms in total. The van der Waals surface area contributed by atoms with Crippen LogP contribution >= 0.6 is 0 Å². The van der Waals surface area contributed by atoms with Crippen LogP contribution in [0.1, 0.15) is 31.7 Å². The highest BCUT2D eigenvalue weighted by Crippen LogP contribution is 2.37. The molecule has 1 N–H and O–H groups in total. The zero-order chi connectivity index (χ0) is 24.3. The van der Waals surface area contributed by atoms with Gasteiger partial charge >= 0.3 is 11.9 Å². The number of aromatic nitrogens is 2. The first-order valence-corrected chi connectivity index (χ1v) is 12.8. The third kappa shape index (κ3) is 4.25. The molecule has 2 unspecified atom stereocenters. The average molecular weight is 493 g/mol. The Hall–Kier alpha value is -2.70. The van der Waals surface area contributed by atoms with Crippen LogP contribution in [-0.2, 0) is 33.1 Å². The second kappa shape index (κ2) is 8.21. The van der Waals surface area contributed by atoms with Crippen LogP contribution in [0.4, 0.5) is 9.18 Å². The van der Waals surface area contributed by atoms with Gasteiger partial charge in [0.05, 0.1) is 19.3 Å². The molecular weight excluding hydrogens is 465 g/mol. The molecule has 1 aromatic rings. The molecule has 1 saturated heterocycles. The molecule has 34 heavy (non-hydrogen) atoms. The van der Waals surface area contributed by atoms with Gasteiger partial charge < -0.3 is 4.74 Å². The number of nitrogens with one attached hydrogen (secondary N) is 1. The van der Waals surface area contributed by atoms with Gasteiger partial charge in [-0.1, -0.05) is 0 Å². The van der Waals surface area contributed by atoms with Crippen LogP contribution in [0.15, 0.2) is 35.9 Å². The zero-order valence-corrected chi connectivity index (χ0v) is 19.8. The lowest BCUT2D eigenvalue weighted by molar-refractivity contribution is -0.445. The SMILES string of the molecule is Cn1cc(CN2C(=O)C3=CC(S(=O)(=O)NC4(C)CC4)C(F)=CC3=[N+](CC3CCOC3)C2=O)cn1. The average Bonchev–Trinajstić information content (AvgIpc) is 3.14. The number of amides is 3. The van der Waals surface area contributed by atoms with E-state index in [2.05, 4.69) is 9.82 Å². The molecule has 3 heterocycles. The van der Waals surface area contributed by atoms with Gasteiger partial charge in [0.25, 0.3) is 0 Å². The van der Waals surface area contributed by atoms with Crippen molar-refractivity contribution in [3.8, 4) is 0 Å². The lowest BCUT2D eigenvalue weighted by atomic mass is 9.97. The molecule has 0 radical (unpaired) electrons. The van der Waals surface area contributed by atoms with E-state index in [1.807, 2.05) is 0 Å². The van der Waals surface area contributed by atoms with Crippen LogP contribution in [0.25, 0.3) is 0 Å². The molecule has 0 aromatic carbocycles. The summed E-state index contributed by atoms with van der Waals surface area (Å²) < 4.78 is 52.0. The third-order valence-electron chi connectivity index (χ3n) is 6.66. The van der Waals surface area contributed by atoms with Crippen molar-refractivity contribution in [2.45, 2.75) is 43.5 Å². The number of ether oxygens (including phenoxy) is 1. The molecular formula is C22H27FN5O5S+. The van der Waals surface area contributed by atoms with Crippen molar-refractivity contribution in [1.29, 1.82) is 0 Å². The van der Waals surface area contributed by atoms with Crippen molar-refractivity contribution in [3.63, 3.8) is 0 Å². The van der Waals surface area contributed by atoms with E-state index in [1.165, 1.54) is 4.58 Å². The number of urea groups is 1. The topological polar surface area (TPSA) is 114 Å². The van der Waals surface area contributed by atoms with Gasteiger partial charge in [-0.05, 0) is 32.3 Å². The Bertz CT molecular complexity index is 1250. The lowest BCUT2D eigenvalue weighted by Gasteiger charge is -2.27. The van der Waals surface area contributed by atoms with Crippen LogP contribution in [-0.4, -0.2) is 75.9 Å². The fourth-order valence-electron chi connectivity index (χ4n) is 4.46. The summed E-state index contributed by atoms with van der Waals surface area (Å²) in [5.74, 6) is -1.56. The molecule has 4 aliphatic rings. The van der Waals surface area contributed by atoms with E-state index in [9.17, 15) is 18.0 Å². The smallest absolute Gasteiger partial charge is 0.381 e. The Morgan fingerprint density at radius 2 is 2.12 bits per heavy atom. The van der Waals surface area contributed by atoms with Crippen LogP contribution < -0.4 is 4.72 Å². The number of nitrogens with zero attached hydrogens (tertiary/aromatic N) is 4. The van der Waals surface area contributed by atoms with Gasteiger partial charge in [0, 0.05) is 42.9 Å². The van der Waals surface area contributed by atoms with E-state index in [1.54, 1.807) is 31.0 Å². The minimum absolute atomic E-state index is 0.000121. The van der Waals surface area contributed by atoms with E-state index in [0.29, 0.717) is 31.6 Å². The first-order chi connectivity index (χ1) is 16.1. The van der Waals surface area contributed by atoms with Gasteiger partial charge in [0.15, 0.2) is 0 Å². The third-order valence-corrected chi connectivity index (χ3v) is 8.46. The molecule has 0 spiro atoms. The first kappa shape index (κ1) is 23.1. The van der Waals surface area contributed by atoms with Crippen molar-refractivity contribution in [2.75, 3.05) is 19.8 Å². The summed E-state index contributed by atoms with van der Waals surface area (Å²) >= 11 is 0. The number of carbonyl (C=O) groups excluding carboxylic acids is 2. The van der Waals surface area contributed by atoms with Gasteiger partial charge in [0.2, 0.25) is 10.0 Å². The summed E-state index contributed by atoms with van der Waals surface area (Å²) in [6.07, 6.45) is 7.46. The van der Waals surface area contributed by atoms with Crippen molar-refractivity contribution in [3.05, 3.63) is 41.5 Å². The Morgan fingerprint density at radius 1 is 1.35 bits per heavy atom. The summed E-state index contributed by atoms with van der Waals surface area (Å²) in [5, 5.41) is 2.44. The van der Waals surface area contributed by atoms with Gasteiger partial charge in [-0.25, -0.2) is 22.3 Å². The Morgan fingerprint density at radius 3 is 2.74 bits per heavy atom. The summed E-state index contributed by atoms with van der Waals surface area (Å²) in [6.45, 7) is 2.98. The molecule has 1 aromatic heterocycles. The van der Waals surface area contributed by atoms with E-state index < -0.39 is 38.6 Å². The number of imide groups is 1. The Kier molecular flexibility index (Phi) is 5.57. The maximum atomic E-state index is 15.2. The van der Waals surface area contributed by atoms with Gasteiger partial charge in [-0.2, -0.15) is 19.4 Å². The minimum Gasteiger partial charge on any atom is -0.381 e. The number of carbonyl (C=O) groups is 2. The molecule has 0 bridgehead atoms. The predicted molar refractivity (Wildman–Crippen MR) is 119 cm³/mol. The molecule has 2 aliphatic carbocycles. The number of hydrogen-bond donors (Lipinski definition) is 1. The highest BCUT2D eigenvalue weighted by Gasteiger charge is 2.50. The van der Waals surface area contributed by atoms with E-state index in [0.717, 1.165) is 23.5 Å². The van der Waals surface area contributed by atoms with Crippen molar-refractivity contribution in [2.24, 2.45) is 13.0 Å². The highest BCUT2D eigenvalue weighted by atomic mass is 32.2. The maximum Gasteiger partial charge on any atom is 0.501 e. The van der Waals surface area contributed by atoms with E-state index in [-0.39, 0.29) is 30.3 Å². The minimum atomic E-state index is -4.12. The van der Waals surface area contributed by atoms with E-state index >= 15 is 4.39 Å². The molecule has 2 fully saturated rings. The van der Waals surface area contributed by atoms with Crippen molar-refractivity contribution < 1.29 is 31.7 Å². The molecule has 182 valence electrons. The summed E-state index contributed by atoms with van der Waals surface area (Å²) in [6, 6.07) is -0.582. The number of aryl methyl sites for hydroxylation is 1. The number of halogens is 1. The number of rotatable bonds is 7. The lowest BCUT2D eigenvalue weighted by Crippen LogP contribution is -2.53. The van der Waals surface area contributed by atoms with Gasteiger partial charge in [-0.15, -0.1) is 0 Å². The van der Waals surface area contributed by atoms with Crippen LogP contribution in [0.3, 0.4) is 0 Å². The van der Waals surface area contributed by atoms with Gasteiger partial charge in [0.1, 0.15) is 28.9 Å². The molecule has 2 atom stereocenters. The summed E-state index contributed by atoms with van der Waals surface area (Å²) in [4.78, 5) is 27.9. The monoisotopic (exact) mass is 492 g/mol. The fraction of sp³-hybridized carbons (Fsp3) is 0.545. The van der Waals surface area contributed by atoms with E-state index in [4.69, 9.17) is 4.74 Å². The number of hydrogen-bond acceptors (Lipinski definition) is 6. The molecule has 3 amide bonds. The van der Waals surface area contributed by atoms with Crippen LogP contribution in [0.5, 0.6) is 0 Å². The maximum absolute atomic E-state index is 15.2. The summed E-state index contributed by atoms with van der Waals surface area (Å²) in [5.41, 5.74) is 0.142. The Balaban J connectivity index is 1.55. The number of fused-ring (bicyclic) bond motifs is 1. The Labute approximate surface area is 196 Å². The summed E-state index contributed by atoms with van der Waals surface area (Å²) in [7, 11) is -2.39. The predicted octanol–water partition coefficient (Wildman–Crippen LogP) is 1.01. The quantitative estimate of drug-likeness (QED) is 0.569. The standard InChI is InChI=1S/C22H27FN5O5S/c1-22(4-5-22)25-34(31,32)19-7-16-18(8-17(19)23)27(11-14-3-6-33-13-14)21(30)28(20(16)29)12-15-9-24-26(2)10-15/h7-10,14,19,25H,3-6,11-13H2,1-2H3/q+1. The molecule has 2 aliphatic heterocycles. The fourth-order valence-corrected chi connectivity index (χ4v) is 6.16. The van der Waals surface area contributed by atoms with Gasteiger partial charge in [-0.3, -0.25) is 4.68 Å². The molecule has 1 saturated carbocycles. The normalized spacial score (nSPS) is 26.5. The first-order valence-electron chi connectivity index (χ1n) is 11.2. The molecule has 12 heteroatoms.